The highest BCUT2D eigenvalue weighted by atomic mass is 16.4. The number of benzene rings is 1. The summed E-state index contributed by atoms with van der Waals surface area (Å²) in [5.41, 5.74) is 1.40. The Morgan fingerprint density at radius 2 is 1.90 bits per heavy atom. The number of carboxylic acids is 1. The van der Waals surface area contributed by atoms with Crippen LogP contribution in [0.25, 0.3) is 0 Å². The molecule has 2 N–H and O–H groups in total. The Balaban J connectivity index is 1.61. The van der Waals surface area contributed by atoms with Gasteiger partial charge in [0.25, 0.3) is 0 Å². The van der Waals surface area contributed by atoms with Crippen LogP contribution in [-0.2, 0) is 6.54 Å². The Morgan fingerprint density at radius 1 is 1.24 bits per heavy atom. The molecule has 0 amide bonds. The number of carboxylic acid groups (broad SMARTS) is 1. The predicted molar refractivity (Wildman–Crippen MR) is 80.1 cm³/mol. The maximum absolute atomic E-state index is 11.0. The van der Waals surface area contributed by atoms with E-state index in [0.29, 0.717) is 23.4 Å². The van der Waals surface area contributed by atoms with Crippen LogP contribution in [0, 0.1) is 11.8 Å². The molecule has 0 saturated heterocycles. The molecule has 0 aromatic heterocycles. The summed E-state index contributed by atoms with van der Waals surface area (Å²) in [6.45, 7) is 0.785. The lowest BCUT2D eigenvalue weighted by Crippen LogP contribution is -2.30. The molecule has 0 aliphatic heterocycles. The highest BCUT2D eigenvalue weighted by molar-refractivity contribution is 5.87. The zero-order valence-corrected chi connectivity index (χ0v) is 12.4. The fourth-order valence-corrected chi connectivity index (χ4v) is 4.13. The van der Waals surface area contributed by atoms with Gasteiger partial charge in [-0.15, -0.1) is 0 Å². The van der Waals surface area contributed by atoms with E-state index in [1.807, 2.05) is 12.1 Å². The van der Waals surface area contributed by atoms with Crippen molar-refractivity contribution in [1.29, 1.82) is 0 Å². The number of nitrogens with zero attached hydrogens (tertiary/aromatic N) is 1. The van der Waals surface area contributed by atoms with Gasteiger partial charge < -0.3 is 10.2 Å². The van der Waals surface area contributed by atoms with Crippen LogP contribution < -0.4 is 0 Å². The van der Waals surface area contributed by atoms with E-state index in [0.717, 1.165) is 37.8 Å². The monoisotopic (exact) mass is 289 g/mol. The molecule has 114 valence electrons. The largest absolute Gasteiger partial charge is 0.478 e. The maximum atomic E-state index is 11.0. The molecule has 0 bridgehead atoms. The van der Waals surface area contributed by atoms with Gasteiger partial charge in [-0.1, -0.05) is 12.1 Å². The number of aliphatic hydroxyl groups excluding tert-OH is 1. The van der Waals surface area contributed by atoms with E-state index in [1.165, 1.54) is 0 Å². The Hall–Kier alpha value is -1.39. The summed E-state index contributed by atoms with van der Waals surface area (Å²) in [6.07, 6.45) is 4.17. The van der Waals surface area contributed by atoms with Crippen LogP contribution in [0.1, 0.15) is 41.6 Å². The van der Waals surface area contributed by atoms with Crippen molar-refractivity contribution in [1.82, 2.24) is 4.90 Å². The van der Waals surface area contributed by atoms with Crippen LogP contribution in [0.4, 0.5) is 0 Å². The number of hydrogen-bond donors (Lipinski definition) is 2. The quantitative estimate of drug-likeness (QED) is 0.893. The molecular formula is C17H23NO3. The molecule has 21 heavy (non-hydrogen) atoms. The van der Waals surface area contributed by atoms with Crippen LogP contribution in [0.2, 0.25) is 0 Å². The van der Waals surface area contributed by atoms with Crippen molar-refractivity contribution in [2.24, 2.45) is 11.8 Å². The van der Waals surface area contributed by atoms with E-state index >= 15 is 0 Å². The predicted octanol–water partition coefficient (Wildman–Crippen LogP) is 2.37. The fraction of sp³-hybridized carbons (Fsp3) is 0.588. The average Bonchev–Trinajstić information content (AvgIpc) is 2.96. The first kappa shape index (κ1) is 14.5. The van der Waals surface area contributed by atoms with Gasteiger partial charge in [-0.2, -0.15) is 0 Å². The van der Waals surface area contributed by atoms with Crippen molar-refractivity contribution in [2.75, 3.05) is 7.05 Å². The molecule has 4 atom stereocenters. The minimum Gasteiger partial charge on any atom is -0.478 e. The van der Waals surface area contributed by atoms with E-state index in [2.05, 4.69) is 11.9 Å². The lowest BCUT2D eigenvalue weighted by Gasteiger charge is -2.25. The number of rotatable bonds is 4. The molecule has 0 radical (unpaired) electrons. The third-order valence-electron chi connectivity index (χ3n) is 5.20. The minimum atomic E-state index is -0.871. The molecule has 1 aromatic carbocycles. The standard InChI is InChI=1S/C17H23NO3/c1-18(10-11-3-2-4-12(5-11)17(20)21)15-6-13-8-16(19)9-14(13)7-15/h2-5,13-16,19H,6-10H2,1H3,(H,20,21)/t13-,14+,15?,16?. The molecule has 1 aromatic rings. The highest BCUT2D eigenvalue weighted by Crippen LogP contribution is 2.45. The van der Waals surface area contributed by atoms with Gasteiger partial charge >= 0.3 is 5.97 Å². The zero-order valence-electron chi connectivity index (χ0n) is 12.4. The lowest BCUT2D eigenvalue weighted by atomic mass is 10.0. The van der Waals surface area contributed by atoms with Gasteiger partial charge in [0.1, 0.15) is 0 Å². The number of fused-ring (bicyclic) bond motifs is 1. The third kappa shape index (κ3) is 3.11. The van der Waals surface area contributed by atoms with Gasteiger partial charge in [-0.25, -0.2) is 4.79 Å². The molecular weight excluding hydrogens is 266 g/mol. The highest BCUT2D eigenvalue weighted by Gasteiger charge is 2.42. The Bertz CT molecular complexity index is 517. The molecule has 2 aliphatic rings. The smallest absolute Gasteiger partial charge is 0.335 e. The normalized spacial score (nSPS) is 31.6. The van der Waals surface area contributed by atoms with Crippen LogP contribution in [0.3, 0.4) is 0 Å². The van der Waals surface area contributed by atoms with E-state index in [-0.39, 0.29) is 6.10 Å². The minimum absolute atomic E-state index is 0.0847. The van der Waals surface area contributed by atoms with Crippen LogP contribution >= 0.6 is 0 Å². The molecule has 2 fully saturated rings. The first-order valence-electron chi connectivity index (χ1n) is 7.73. The molecule has 2 aliphatic carbocycles. The van der Waals surface area contributed by atoms with Crippen LogP contribution in [0.5, 0.6) is 0 Å². The molecule has 4 nitrogen and oxygen atoms in total. The third-order valence-corrected chi connectivity index (χ3v) is 5.20. The van der Waals surface area contributed by atoms with Gasteiger partial charge in [0.2, 0.25) is 0 Å². The van der Waals surface area contributed by atoms with E-state index in [4.69, 9.17) is 5.11 Å². The van der Waals surface area contributed by atoms with Gasteiger partial charge in [0, 0.05) is 12.6 Å². The first-order chi connectivity index (χ1) is 10.0. The van der Waals surface area contributed by atoms with Crippen molar-refractivity contribution in [3.63, 3.8) is 0 Å². The van der Waals surface area contributed by atoms with Crippen molar-refractivity contribution in [2.45, 2.75) is 44.4 Å². The van der Waals surface area contributed by atoms with Gasteiger partial charge in [-0.05, 0) is 62.3 Å². The van der Waals surface area contributed by atoms with Crippen LogP contribution in [-0.4, -0.2) is 40.3 Å². The number of aromatic carboxylic acids is 1. The second-order valence-electron chi connectivity index (χ2n) is 6.69. The Kier molecular flexibility index (Phi) is 4.00. The van der Waals surface area contributed by atoms with Crippen molar-refractivity contribution in [3.8, 4) is 0 Å². The van der Waals surface area contributed by atoms with Crippen molar-refractivity contribution >= 4 is 5.97 Å². The topological polar surface area (TPSA) is 60.8 Å². The lowest BCUT2D eigenvalue weighted by molar-refractivity contribution is 0.0696. The molecule has 2 saturated carbocycles. The van der Waals surface area contributed by atoms with Crippen molar-refractivity contribution in [3.05, 3.63) is 35.4 Å². The molecule has 0 heterocycles. The SMILES string of the molecule is CN(Cc1cccc(C(=O)O)c1)C1C[C@H]2CC(O)C[C@H]2C1. The molecule has 3 rings (SSSR count). The Morgan fingerprint density at radius 3 is 2.52 bits per heavy atom. The van der Waals surface area contributed by atoms with Gasteiger partial charge in [0.15, 0.2) is 0 Å². The average molecular weight is 289 g/mol. The summed E-state index contributed by atoms with van der Waals surface area (Å²) < 4.78 is 0. The summed E-state index contributed by atoms with van der Waals surface area (Å²) in [4.78, 5) is 13.4. The molecule has 0 spiro atoms. The van der Waals surface area contributed by atoms with Gasteiger partial charge in [-0.3, -0.25) is 4.90 Å². The maximum Gasteiger partial charge on any atom is 0.335 e. The number of hydrogen-bond acceptors (Lipinski definition) is 3. The second kappa shape index (κ2) is 5.78. The van der Waals surface area contributed by atoms with E-state index in [9.17, 15) is 9.90 Å². The summed E-state index contributed by atoms with van der Waals surface area (Å²) in [5.74, 6) is 0.486. The summed E-state index contributed by atoms with van der Waals surface area (Å²) in [6, 6.07) is 7.75. The first-order valence-corrected chi connectivity index (χ1v) is 7.73. The summed E-state index contributed by atoms with van der Waals surface area (Å²) in [5, 5.41) is 18.8. The van der Waals surface area contributed by atoms with E-state index in [1.54, 1.807) is 12.1 Å². The van der Waals surface area contributed by atoms with Gasteiger partial charge in [0.05, 0.1) is 11.7 Å². The Labute approximate surface area is 125 Å². The zero-order chi connectivity index (χ0) is 15.0. The molecule has 4 heteroatoms. The van der Waals surface area contributed by atoms with Crippen molar-refractivity contribution < 1.29 is 15.0 Å². The fourth-order valence-electron chi connectivity index (χ4n) is 4.13. The van der Waals surface area contributed by atoms with E-state index < -0.39 is 5.97 Å². The second-order valence-corrected chi connectivity index (χ2v) is 6.69. The number of carbonyl (C=O) groups is 1. The summed E-state index contributed by atoms with van der Waals surface area (Å²) in [7, 11) is 2.12. The number of aliphatic hydroxyl groups is 1. The molecule has 2 unspecified atom stereocenters. The van der Waals surface area contributed by atoms with Crippen LogP contribution in [0.15, 0.2) is 24.3 Å². The summed E-state index contributed by atoms with van der Waals surface area (Å²) >= 11 is 0.